The van der Waals surface area contributed by atoms with Gasteiger partial charge in [-0.3, -0.25) is 9.69 Å². The monoisotopic (exact) mass is 263 g/mol. The normalized spacial score (nSPS) is 10.8. The van der Waals surface area contributed by atoms with E-state index in [0.29, 0.717) is 6.54 Å². The first-order chi connectivity index (χ1) is 9.02. The van der Waals surface area contributed by atoms with Crippen molar-refractivity contribution in [3.8, 4) is 0 Å². The third kappa shape index (κ3) is 5.85. The number of carbonyl (C=O) groups is 1. The summed E-state index contributed by atoms with van der Waals surface area (Å²) < 4.78 is 0. The van der Waals surface area contributed by atoms with E-state index in [0.717, 1.165) is 25.2 Å². The number of rotatable bonds is 7. The van der Waals surface area contributed by atoms with Crippen LogP contribution in [0.1, 0.15) is 17.5 Å². The summed E-state index contributed by atoms with van der Waals surface area (Å²) in [5.74, 6) is 0.0372. The van der Waals surface area contributed by atoms with Gasteiger partial charge in [0.05, 0.1) is 6.54 Å². The molecule has 19 heavy (non-hydrogen) atoms. The molecule has 1 amide bonds. The molecule has 2 N–H and O–H groups in total. The number of nitrogens with one attached hydrogen (secondary N) is 2. The Hall–Kier alpha value is -1.39. The van der Waals surface area contributed by atoms with Crippen LogP contribution >= 0.6 is 0 Å². The summed E-state index contributed by atoms with van der Waals surface area (Å²) in [7, 11) is 3.90. The van der Waals surface area contributed by atoms with Crippen molar-refractivity contribution in [2.45, 2.75) is 20.3 Å². The van der Waals surface area contributed by atoms with Crippen molar-refractivity contribution in [2.24, 2.45) is 0 Å². The van der Waals surface area contributed by atoms with Crippen molar-refractivity contribution in [3.05, 3.63) is 29.3 Å². The van der Waals surface area contributed by atoms with Gasteiger partial charge in [0.25, 0.3) is 0 Å². The topological polar surface area (TPSA) is 44.4 Å². The predicted molar refractivity (Wildman–Crippen MR) is 80.6 cm³/mol. The molecule has 4 heteroatoms. The Morgan fingerprint density at radius 3 is 2.63 bits per heavy atom. The van der Waals surface area contributed by atoms with Crippen LogP contribution in [0, 0.1) is 13.8 Å². The van der Waals surface area contributed by atoms with Crippen molar-refractivity contribution >= 4 is 11.6 Å². The SMILES string of the molecule is CNCCCN(C)CC(=O)Nc1ccc(C)c(C)c1. The smallest absolute Gasteiger partial charge is 0.238 e. The maximum Gasteiger partial charge on any atom is 0.238 e. The van der Waals surface area contributed by atoms with Crippen molar-refractivity contribution in [3.63, 3.8) is 0 Å². The number of amides is 1. The molecule has 1 rings (SSSR count). The summed E-state index contributed by atoms with van der Waals surface area (Å²) >= 11 is 0. The highest BCUT2D eigenvalue weighted by molar-refractivity contribution is 5.92. The zero-order valence-electron chi connectivity index (χ0n) is 12.4. The van der Waals surface area contributed by atoms with E-state index in [1.807, 2.05) is 37.2 Å². The van der Waals surface area contributed by atoms with Crippen LogP contribution in [0.3, 0.4) is 0 Å². The number of hydrogen-bond acceptors (Lipinski definition) is 3. The fourth-order valence-electron chi connectivity index (χ4n) is 1.87. The minimum absolute atomic E-state index is 0.0372. The molecule has 0 aliphatic heterocycles. The average molecular weight is 263 g/mol. The zero-order chi connectivity index (χ0) is 14.3. The van der Waals surface area contributed by atoms with E-state index in [9.17, 15) is 4.79 Å². The maximum absolute atomic E-state index is 11.9. The van der Waals surface area contributed by atoms with E-state index in [4.69, 9.17) is 0 Å². The molecule has 0 aromatic heterocycles. The highest BCUT2D eigenvalue weighted by Gasteiger charge is 2.07. The summed E-state index contributed by atoms with van der Waals surface area (Å²) in [5, 5.41) is 6.04. The molecule has 106 valence electrons. The van der Waals surface area contributed by atoms with Gasteiger partial charge in [0.2, 0.25) is 5.91 Å². The van der Waals surface area contributed by atoms with Gasteiger partial charge in [-0.05, 0) is 70.7 Å². The van der Waals surface area contributed by atoms with Crippen LogP contribution in [-0.4, -0.2) is 44.5 Å². The van der Waals surface area contributed by atoms with Gasteiger partial charge in [0, 0.05) is 5.69 Å². The van der Waals surface area contributed by atoms with Crippen molar-refractivity contribution < 1.29 is 4.79 Å². The molecule has 0 aliphatic carbocycles. The fourth-order valence-corrected chi connectivity index (χ4v) is 1.87. The molecule has 0 bridgehead atoms. The lowest BCUT2D eigenvalue weighted by atomic mass is 10.1. The van der Waals surface area contributed by atoms with Gasteiger partial charge in [0.15, 0.2) is 0 Å². The molecule has 0 unspecified atom stereocenters. The van der Waals surface area contributed by atoms with Crippen molar-refractivity contribution in [2.75, 3.05) is 39.0 Å². The van der Waals surface area contributed by atoms with Gasteiger partial charge < -0.3 is 10.6 Å². The van der Waals surface area contributed by atoms with E-state index >= 15 is 0 Å². The Kier molecular flexibility index (Phi) is 6.53. The summed E-state index contributed by atoms with van der Waals surface area (Å²) in [4.78, 5) is 13.9. The Morgan fingerprint density at radius 2 is 2.00 bits per heavy atom. The fraction of sp³-hybridized carbons (Fsp3) is 0.533. The van der Waals surface area contributed by atoms with Gasteiger partial charge in [-0.15, -0.1) is 0 Å². The number of anilines is 1. The summed E-state index contributed by atoms with van der Waals surface area (Å²) in [6, 6.07) is 5.98. The number of benzene rings is 1. The first kappa shape index (κ1) is 15.7. The number of carbonyl (C=O) groups excluding carboxylic acids is 1. The minimum Gasteiger partial charge on any atom is -0.325 e. The van der Waals surface area contributed by atoms with Crippen LogP contribution in [0.5, 0.6) is 0 Å². The number of hydrogen-bond donors (Lipinski definition) is 2. The van der Waals surface area contributed by atoms with Crippen LogP contribution in [-0.2, 0) is 4.79 Å². The summed E-state index contributed by atoms with van der Waals surface area (Å²) in [6.07, 6.45) is 1.05. The highest BCUT2D eigenvalue weighted by atomic mass is 16.2. The van der Waals surface area contributed by atoms with Gasteiger partial charge >= 0.3 is 0 Å². The average Bonchev–Trinajstić information content (AvgIpc) is 2.34. The molecule has 0 fully saturated rings. The summed E-state index contributed by atoms with van der Waals surface area (Å²) in [5.41, 5.74) is 3.30. The van der Waals surface area contributed by atoms with Gasteiger partial charge in [0.1, 0.15) is 0 Å². The lowest BCUT2D eigenvalue weighted by molar-refractivity contribution is -0.117. The number of aryl methyl sites for hydroxylation is 2. The lowest BCUT2D eigenvalue weighted by Gasteiger charge is -2.16. The Morgan fingerprint density at radius 1 is 1.26 bits per heavy atom. The van der Waals surface area contributed by atoms with E-state index < -0.39 is 0 Å². The summed E-state index contributed by atoms with van der Waals surface area (Å²) in [6.45, 7) is 6.44. The van der Waals surface area contributed by atoms with E-state index in [1.165, 1.54) is 11.1 Å². The third-order valence-electron chi connectivity index (χ3n) is 3.17. The third-order valence-corrected chi connectivity index (χ3v) is 3.17. The number of likely N-dealkylation sites (N-methyl/N-ethyl adjacent to an activating group) is 1. The van der Waals surface area contributed by atoms with Crippen LogP contribution in [0.2, 0.25) is 0 Å². The Labute approximate surface area is 116 Å². The molecule has 1 aromatic rings. The molecule has 1 aromatic carbocycles. The Bertz CT molecular complexity index is 418. The lowest BCUT2D eigenvalue weighted by Crippen LogP contribution is -2.31. The van der Waals surface area contributed by atoms with Crippen molar-refractivity contribution in [1.82, 2.24) is 10.2 Å². The second-order valence-corrected chi connectivity index (χ2v) is 5.04. The largest absolute Gasteiger partial charge is 0.325 e. The molecule has 0 radical (unpaired) electrons. The van der Waals surface area contributed by atoms with Crippen LogP contribution in [0.25, 0.3) is 0 Å². The molecule has 0 saturated heterocycles. The first-order valence-corrected chi connectivity index (χ1v) is 6.73. The zero-order valence-corrected chi connectivity index (χ0v) is 12.4. The molecule has 4 nitrogen and oxygen atoms in total. The molecule has 0 saturated carbocycles. The Balaban J connectivity index is 2.39. The molecular formula is C15H25N3O. The highest BCUT2D eigenvalue weighted by Crippen LogP contribution is 2.13. The van der Waals surface area contributed by atoms with Gasteiger partial charge in [-0.1, -0.05) is 6.07 Å². The standard InChI is InChI=1S/C15H25N3O/c1-12-6-7-14(10-13(12)2)17-15(19)11-18(4)9-5-8-16-3/h6-7,10,16H,5,8-9,11H2,1-4H3,(H,17,19). The van der Waals surface area contributed by atoms with Crippen LogP contribution < -0.4 is 10.6 Å². The van der Waals surface area contributed by atoms with Gasteiger partial charge in [-0.2, -0.15) is 0 Å². The second-order valence-electron chi connectivity index (χ2n) is 5.04. The van der Waals surface area contributed by atoms with Crippen LogP contribution in [0.4, 0.5) is 5.69 Å². The maximum atomic E-state index is 11.9. The first-order valence-electron chi connectivity index (χ1n) is 6.73. The minimum atomic E-state index is 0.0372. The molecule has 0 heterocycles. The van der Waals surface area contributed by atoms with E-state index in [-0.39, 0.29) is 5.91 Å². The quantitative estimate of drug-likeness (QED) is 0.737. The molecular weight excluding hydrogens is 238 g/mol. The second kappa shape index (κ2) is 7.92. The van der Waals surface area contributed by atoms with E-state index in [1.54, 1.807) is 0 Å². The van der Waals surface area contributed by atoms with Crippen LogP contribution in [0.15, 0.2) is 18.2 Å². The number of nitrogens with zero attached hydrogens (tertiary/aromatic N) is 1. The molecule has 0 atom stereocenters. The van der Waals surface area contributed by atoms with Crippen molar-refractivity contribution in [1.29, 1.82) is 0 Å². The molecule has 0 spiro atoms. The van der Waals surface area contributed by atoms with E-state index in [2.05, 4.69) is 24.5 Å². The predicted octanol–water partition coefficient (Wildman–Crippen LogP) is 1.78. The van der Waals surface area contributed by atoms with Gasteiger partial charge in [-0.25, -0.2) is 0 Å². The molecule has 0 aliphatic rings.